The van der Waals surface area contributed by atoms with Crippen molar-refractivity contribution in [1.82, 2.24) is 31.5 Å². The molecule has 67 heavy (non-hydrogen) atoms. The van der Waals surface area contributed by atoms with Gasteiger partial charge in [0.25, 0.3) is 0 Å². The lowest BCUT2D eigenvalue weighted by Crippen LogP contribution is -2.62. The van der Waals surface area contributed by atoms with E-state index < -0.39 is 83.6 Å². The van der Waals surface area contributed by atoms with Crippen LogP contribution in [0.15, 0.2) is 83.9 Å². The second-order valence-corrected chi connectivity index (χ2v) is 17.7. The van der Waals surface area contributed by atoms with E-state index in [2.05, 4.69) is 31.6 Å². The van der Waals surface area contributed by atoms with E-state index >= 15 is 4.79 Å². The Labute approximate surface area is 391 Å². The predicted octanol–water partition coefficient (Wildman–Crippen LogP) is 0.965. The van der Waals surface area contributed by atoms with E-state index in [4.69, 9.17) is 17.2 Å². The van der Waals surface area contributed by atoms with Crippen molar-refractivity contribution in [3.05, 3.63) is 107 Å². The Balaban J connectivity index is 1.48. The number of hydrogen-bond donors (Lipinski definition) is 9. The summed E-state index contributed by atoms with van der Waals surface area (Å²) in [7, 11) is 0. The van der Waals surface area contributed by atoms with Crippen LogP contribution < -0.4 is 43.8 Å². The highest BCUT2D eigenvalue weighted by Crippen LogP contribution is 2.30. The number of guanidine groups is 1. The molecule has 6 atom stereocenters. The van der Waals surface area contributed by atoms with Gasteiger partial charge < -0.3 is 53.8 Å². The molecular formula is C49H66N10O8. The summed E-state index contributed by atoms with van der Waals surface area (Å²) in [5, 5.41) is 24.0. The van der Waals surface area contributed by atoms with Crippen LogP contribution in [-0.2, 0) is 65.8 Å². The van der Waals surface area contributed by atoms with Crippen molar-refractivity contribution in [2.24, 2.45) is 34.0 Å². The number of nitrogens with one attached hydrogen (secondary N) is 5. The largest absolute Gasteiger partial charge is 0.480 e. The molecule has 1 aliphatic carbocycles. The third-order valence-corrected chi connectivity index (χ3v) is 12.3. The zero-order chi connectivity index (χ0) is 48.6. The molecule has 1 heterocycles. The van der Waals surface area contributed by atoms with Crippen LogP contribution in [0.2, 0.25) is 0 Å². The second kappa shape index (κ2) is 24.6. The van der Waals surface area contributed by atoms with E-state index in [0.717, 1.165) is 22.3 Å². The first kappa shape index (κ1) is 51.2. The number of nitrogens with zero attached hydrogens (tertiary/aromatic N) is 2. The Kier molecular flexibility index (Phi) is 18.8. The standard InChI is InChI=1S/C49H66N10O8/c1-29(2)41(54-30(3)60)45(63)58-42(36-25-32-16-7-8-17-33(32)26-36)46(64)55-37(21-13-23-53-49(51)52)47(65)59-28-35-19-10-9-18-34(35)27-40(59)44(62)57-39(24-31-14-5-4-6-15-31)43(61)56-38(48(66)67)20-11-12-22-50/h4-10,14-19,29,36-42H,11-13,20-28,50H2,1-3H3,(H,54,60)(H,55,64)(H,56,61)(H,57,62)(H,58,63)(H,66,67)(H4,51,52,53)/t37-,38-,39-,40-,41-,42-/m0/s1. The number of nitrogens with two attached hydrogens (primary N) is 3. The van der Waals surface area contributed by atoms with Gasteiger partial charge in [0.2, 0.25) is 35.4 Å². The number of fused-ring (bicyclic) bond motifs is 2. The molecule has 0 spiro atoms. The lowest BCUT2D eigenvalue weighted by Gasteiger charge is -2.39. The molecule has 0 aromatic heterocycles. The number of carbonyl (C=O) groups is 7. The third-order valence-electron chi connectivity index (χ3n) is 12.3. The van der Waals surface area contributed by atoms with Crippen molar-refractivity contribution in [2.45, 2.75) is 121 Å². The minimum Gasteiger partial charge on any atom is -0.480 e. The van der Waals surface area contributed by atoms with Crippen molar-refractivity contribution in [3.8, 4) is 0 Å². The van der Waals surface area contributed by atoms with E-state index in [9.17, 15) is 33.9 Å². The van der Waals surface area contributed by atoms with Gasteiger partial charge in [-0.1, -0.05) is 92.7 Å². The zero-order valence-electron chi connectivity index (χ0n) is 38.5. The summed E-state index contributed by atoms with van der Waals surface area (Å²) in [6.07, 6.45) is 2.46. The Morgan fingerprint density at radius 3 is 1.85 bits per heavy atom. The molecule has 6 amide bonds. The summed E-state index contributed by atoms with van der Waals surface area (Å²) in [6.45, 7) is 5.34. The number of rotatable bonds is 23. The first-order chi connectivity index (χ1) is 32.1. The minimum atomic E-state index is -1.24. The highest BCUT2D eigenvalue weighted by Gasteiger charge is 2.42. The summed E-state index contributed by atoms with van der Waals surface area (Å²) >= 11 is 0. The van der Waals surface area contributed by atoms with Gasteiger partial charge in [-0.2, -0.15) is 0 Å². The number of carboxylic acids is 1. The van der Waals surface area contributed by atoms with Gasteiger partial charge >= 0.3 is 5.97 Å². The lowest BCUT2D eigenvalue weighted by atomic mass is 9.91. The van der Waals surface area contributed by atoms with Crippen molar-refractivity contribution in [2.75, 3.05) is 13.1 Å². The predicted molar refractivity (Wildman–Crippen MR) is 253 cm³/mol. The summed E-state index contributed by atoms with van der Waals surface area (Å²) in [5.41, 5.74) is 21.2. The fraction of sp³-hybridized carbons (Fsp3) is 0.469. The number of amides is 6. The van der Waals surface area contributed by atoms with E-state index in [1.807, 2.05) is 54.6 Å². The molecule has 3 aromatic carbocycles. The van der Waals surface area contributed by atoms with Crippen LogP contribution in [0.25, 0.3) is 0 Å². The molecule has 18 heteroatoms. The van der Waals surface area contributed by atoms with Gasteiger partial charge in [-0.05, 0) is 91.1 Å². The zero-order valence-corrected chi connectivity index (χ0v) is 38.5. The summed E-state index contributed by atoms with van der Waals surface area (Å²) < 4.78 is 0. The van der Waals surface area contributed by atoms with Crippen molar-refractivity contribution in [3.63, 3.8) is 0 Å². The van der Waals surface area contributed by atoms with Crippen LogP contribution >= 0.6 is 0 Å². The number of aliphatic imine (C=N–C) groups is 1. The van der Waals surface area contributed by atoms with E-state index in [1.165, 1.54) is 11.8 Å². The van der Waals surface area contributed by atoms with Gasteiger partial charge in [0.15, 0.2) is 5.96 Å². The fourth-order valence-electron chi connectivity index (χ4n) is 8.78. The van der Waals surface area contributed by atoms with Gasteiger partial charge in [0.05, 0.1) is 0 Å². The molecule has 1 aliphatic heterocycles. The lowest BCUT2D eigenvalue weighted by molar-refractivity contribution is -0.146. The van der Waals surface area contributed by atoms with Crippen LogP contribution in [-0.4, -0.2) is 107 Å². The fourth-order valence-corrected chi connectivity index (χ4v) is 8.78. The van der Waals surface area contributed by atoms with Gasteiger partial charge in [0, 0.05) is 32.9 Å². The Hall–Kier alpha value is -6.82. The molecule has 0 unspecified atom stereocenters. The highest BCUT2D eigenvalue weighted by molar-refractivity contribution is 5.97. The Morgan fingerprint density at radius 2 is 1.27 bits per heavy atom. The van der Waals surface area contributed by atoms with Gasteiger partial charge in [-0.25, -0.2) is 4.79 Å². The van der Waals surface area contributed by atoms with Crippen LogP contribution in [0.1, 0.15) is 80.7 Å². The molecule has 18 nitrogen and oxygen atoms in total. The number of carboxylic acid groups (broad SMARTS) is 1. The molecule has 0 fully saturated rings. The van der Waals surface area contributed by atoms with E-state index in [-0.39, 0.29) is 57.1 Å². The van der Waals surface area contributed by atoms with Crippen molar-refractivity contribution in [1.29, 1.82) is 0 Å². The number of benzene rings is 3. The number of unbranched alkanes of at least 4 members (excludes halogenated alkanes) is 1. The molecule has 5 rings (SSSR count). The average molecular weight is 923 g/mol. The van der Waals surface area contributed by atoms with Crippen LogP contribution in [0.3, 0.4) is 0 Å². The Morgan fingerprint density at radius 1 is 0.687 bits per heavy atom. The molecule has 2 aliphatic rings. The quantitative estimate of drug-likeness (QED) is 0.0367. The number of aliphatic carboxylic acids is 1. The normalized spacial score (nSPS) is 16.5. The first-order valence-electron chi connectivity index (χ1n) is 23.0. The van der Waals surface area contributed by atoms with Gasteiger partial charge in [-0.15, -0.1) is 0 Å². The van der Waals surface area contributed by atoms with E-state index in [1.54, 1.807) is 38.1 Å². The maximum absolute atomic E-state index is 15.2. The maximum Gasteiger partial charge on any atom is 0.326 e. The molecule has 0 radical (unpaired) electrons. The first-order valence-corrected chi connectivity index (χ1v) is 23.0. The van der Waals surface area contributed by atoms with Crippen LogP contribution in [0.5, 0.6) is 0 Å². The molecule has 0 saturated heterocycles. The van der Waals surface area contributed by atoms with Crippen molar-refractivity contribution >= 4 is 47.4 Å². The number of carbonyl (C=O) groups excluding carboxylic acids is 6. The summed E-state index contributed by atoms with van der Waals surface area (Å²) in [4.78, 5) is 102. The smallest absolute Gasteiger partial charge is 0.326 e. The average Bonchev–Trinajstić information content (AvgIpc) is 3.73. The Bertz CT molecular complexity index is 2230. The molecule has 3 aromatic rings. The SMILES string of the molecule is CC(=O)N[C@H](C(=O)N[C@H](C(=O)N[C@@H](CCCN=C(N)N)C(=O)N1Cc2ccccc2C[C@H]1C(=O)N[C@@H](Cc1ccccc1)C(=O)N[C@@H](CCCCN)C(=O)O)C1Cc2ccccc2C1)C(C)C. The topological polar surface area (TPSA) is 294 Å². The molecule has 360 valence electrons. The molecular weight excluding hydrogens is 857 g/mol. The summed E-state index contributed by atoms with van der Waals surface area (Å²) in [5.74, 6) is -5.67. The third kappa shape index (κ3) is 14.6. The summed E-state index contributed by atoms with van der Waals surface area (Å²) in [6, 6.07) is 17.1. The van der Waals surface area contributed by atoms with E-state index in [0.29, 0.717) is 37.8 Å². The molecule has 0 bridgehead atoms. The van der Waals surface area contributed by atoms with Crippen molar-refractivity contribution < 1.29 is 38.7 Å². The van der Waals surface area contributed by atoms with Gasteiger partial charge in [0.1, 0.15) is 36.3 Å². The molecule has 12 N–H and O–H groups in total. The van der Waals surface area contributed by atoms with Gasteiger partial charge in [-0.3, -0.25) is 33.8 Å². The minimum absolute atomic E-state index is 0.0178. The highest BCUT2D eigenvalue weighted by atomic mass is 16.4. The van der Waals surface area contributed by atoms with Crippen LogP contribution in [0.4, 0.5) is 0 Å². The number of hydrogen-bond acceptors (Lipinski definition) is 9. The maximum atomic E-state index is 15.2. The monoisotopic (exact) mass is 923 g/mol. The van der Waals surface area contributed by atoms with Crippen LogP contribution in [0, 0.1) is 11.8 Å². The second-order valence-electron chi connectivity index (χ2n) is 17.7. The molecule has 0 saturated carbocycles.